The van der Waals surface area contributed by atoms with E-state index in [1.807, 2.05) is 20.8 Å². The molecule has 3 atom stereocenters. The van der Waals surface area contributed by atoms with Gasteiger partial charge in [0.05, 0.1) is 23.3 Å². The van der Waals surface area contributed by atoms with Crippen LogP contribution in [0.2, 0.25) is 0 Å². The lowest BCUT2D eigenvalue weighted by Gasteiger charge is -2.36. The first-order valence-corrected chi connectivity index (χ1v) is 17.0. The van der Waals surface area contributed by atoms with E-state index in [2.05, 4.69) is 62.2 Å². The summed E-state index contributed by atoms with van der Waals surface area (Å²) in [6.45, 7) is 18.8. The number of carbonyl (C=O) groups is 2. The van der Waals surface area contributed by atoms with Gasteiger partial charge in [-0.25, -0.2) is 19.5 Å². The molecule has 5 heterocycles. The van der Waals surface area contributed by atoms with Crippen LogP contribution in [0.15, 0.2) is 35.4 Å². The van der Waals surface area contributed by atoms with Gasteiger partial charge in [-0.3, -0.25) is 9.69 Å². The summed E-state index contributed by atoms with van der Waals surface area (Å²) in [7, 11) is -4.35. The number of nitrogen functional groups attached to an aromatic ring is 1. The van der Waals surface area contributed by atoms with Gasteiger partial charge in [0.15, 0.2) is 5.03 Å². The van der Waals surface area contributed by atoms with Gasteiger partial charge in [-0.1, -0.05) is 39.8 Å². The van der Waals surface area contributed by atoms with Gasteiger partial charge in [-0.2, -0.15) is 8.42 Å². The monoisotopic (exact) mass is 638 g/mol. The molecule has 2 aromatic heterocycles. The third-order valence-electron chi connectivity index (χ3n) is 8.61. The molecule has 45 heavy (non-hydrogen) atoms. The first-order chi connectivity index (χ1) is 20.7. The molecule has 5 rings (SSSR count). The average Bonchev–Trinajstić information content (AvgIpc) is 3.56. The van der Waals surface area contributed by atoms with E-state index in [1.54, 1.807) is 11.0 Å². The van der Waals surface area contributed by atoms with E-state index in [9.17, 15) is 18.0 Å². The Hall–Kier alpha value is -3.67. The fourth-order valence-electron chi connectivity index (χ4n) is 6.91. The predicted molar refractivity (Wildman–Crippen MR) is 174 cm³/mol. The number of nitrogens with one attached hydrogen (secondary N) is 1. The number of amides is 2. The van der Waals surface area contributed by atoms with Crippen LogP contribution >= 0.6 is 0 Å². The number of rotatable bonds is 5. The maximum atomic E-state index is 14.1. The zero-order chi connectivity index (χ0) is 33.3. The minimum Gasteiger partial charge on any atom is -0.444 e. The number of carbonyl (C=O) groups excluding carboxylic acids is 2. The lowest BCUT2D eigenvalue weighted by Crippen LogP contribution is -2.42. The second-order valence-electron chi connectivity index (χ2n) is 15.2. The minimum absolute atomic E-state index is 0.0232. The molecule has 0 spiro atoms. The Balaban J connectivity index is 1.65. The van der Waals surface area contributed by atoms with Crippen LogP contribution in [0.5, 0.6) is 0 Å². The molecule has 0 radical (unpaired) electrons. The highest BCUT2D eigenvalue weighted by Gasteiger charge is 2.47. The van der Waals surface area contributed by atoms with Crippen molar-refractivity contribution in [1.82, 2.24) is 19.6 Å². The van der Waals surface area contributed by atoms with Crippen LogP contribution in [0.1, 0.15) is 103 Å². The number of ether oxygens (including phenoxy) is 1. The fourth-order valence-corrected chi connectivity index (χ4v) is 7.85. The van der Waals surface area contributed by atoms with Crippen molar-refractivity contribution in [3.63, 3.8) is 0 Å². The van der Waals surface area contributed by atoms with Crippen LogP contribution < -0.4 is 15.4 Å². The second-order valence-corrected chi connectivity index (χ2v) is 16.9. The van der Waals surface area contributed by atoms with Crippen molar-refractivity contribution in [2.75, 3.05) is 17.2 Å². The Bertz CT molecular complexity index is 1670. The second kappa shape index (κ2) is 11.0. The van der Waals surface area contributed by atoms with E-state index in [0.717, 1.165) is 36.1 Å². The lowest BCUT2D eigenvalue weighted by atomic mass is 9.82. The standard InChI is InChI=1S/C33H46N6O5S/c1-19-17-33(8,9)38(18-19)28-23(29(40)37-45(42,43)26-12-10-11-25(34)35-26)16-22(27(36-28)31(2,3)4)21-15-20-13-14-24(21)39(20)30(41)44-32(5,6)7/h10-12,15-16,19-20,24H,13-14,17-18H2,1-9H3,(H2,34,35)(H,37,40). The molecule has 244 valence electrons. The number of nitrogens with zero attached hydrogens (tertiary/aromatic N) is 4. The Labute approximate surface area is 266 Å². The van der Waals surface area contributed by atoms with Gasteiger partial charge in [-0.05, 0) is 83.6 Å². The molecule has 11 nitrogen and oxygen atoms in total. The van der Waals surface area contributed by atoms with Crippen molar-refractivity contribution in [2.45, 2.75) is 115 Å². The quantitative estimate of drug-likeness (QED) is 0.447. The third-order valence-corrected chi connectivity index (χ3v) is 9.84. The molecule has 2 saturated heterocycles. The summed E-state index contributed by atoms with van der Waals surface area (Å²) in [4.78, 5) is 40.4. The van der Waals surface area contributed by atoms with Gasteiger partial charge >= 0.3 is 6.09 Å². The highest BCUT2D eigenvalue weighted by molar-refractivity contribution is 7.90. The Morgan fingerprint density at radius 2 is 1.78 bits per heavy atom. The van der Waals surface area contributed by atoms with Crippen molar-refractivity contribution in [1.29, 1.82) is 0 Å². The number of hydrogen-bond donors (Lipinski definition) is 2. The molecule has 0 aliphatic carbocycles. The molecule has 2 bridgehead atoms. The molecule has 0 aromatic carbocycles. The van der Waals surface area contributed by atoms with E-state index in [-0.39, 0.29) is 40.1 Å². The molecule has 3 aliphatic rings. The predicted octanol–water partition coefficient (Wildman–Crippen LogP) is 5.26. The molecule has 12 heteroatoms. The third kappa shape index (κ3) is 6.39. The molecule has 0 saturated carbocycles. The minimum atomic E-state index is -4.35. The molecular weight excluding hydrogens is 592 g/mol. The Kier molecular flexibility index (Phi) is 7.99. The molecule has 2 aromatic rings. The molecule has 2 amide bonds. The van der Waals surface area contributed by atoms with Gasteiger partial charge in [0, 0.05) is 23.1 Å². The van der Waals surface area contributed by atoms with Gasteiger partial charge < -0.3 is 15.4 Å². The van der Waals surface area contributed by atoms with Crippen LogP contribution in [-0.4, -0.2) is 65.1 Å². The first kappa shape index (κ1) is 32.7. The van der Waals surface area contributed by atoms with Crippen molar-refractivity contribution in [3.8, 4) is 0 Å². The molecule has 3 aliphatic heterocycles. The van der Waals surface area contributed by atoms with Gasteiger partial charge in [0.1, 0.15) is 17.2 Å². The van der Waals surface area contributed by atoms with E-state index >= 15 is 0 Å². The zero-order valence-corrected chi connectivity index (χ0v) is 28.6. The van der Waals surface area contributed by atoms with Gasteiger partial charge in [0.25, 0.3) is 15.9 Å². The summed E-state index contributed by atoms with van der Waals surface area (Å²) >= 11 is 0. The average molecular weight is 639 g/mol. The van der Waals surface area contributed by atoms with E-state index in [1.165, 1.54) is 18.2 Å². The fraction of sp³-hybridized carbons (Fsp3) is 0.576. The van der Waals surface area contributed by atoms with Crippen molar-refractivity contribution in [3.05, 3.63) is 47.2 Å². The molecular formula is C33H46N6O5S. The SMILES string of the molecule is CC1CN(c2nc(C(C)(C)C)c(C3=CC4CCC3N4C(=O)OC(C)(C)C)cc2C(=O)NS(=O)(=O)c2cccc(N)n2)C(C)(C)C1. The maximum absolute atomic E-state index is 14.1. The van der Waals surface area contributed by atoms with E-state index < -0.39 is 26.9 Å². The summed E-state index contributed by atoms with van der Waals surface area (Å²) in [5.41, 5.74) is 6.86. The van der Waals surface area contributed by atoms with Crippen LogP contribution in [0, 0.1) is 5.92 Å². The maximum Gasteiger partial charge on any atom is 0.411 e. The number of fused-ring (bicyclic) bond motifs is 2. The smallest absolute Gasteiger partial charge is 0.411 e. The number of nitrogens with two attached hydrogens (primary N) is 1. The lowest BCUT2D eigenvalue weighted by molar-refractivity contribution is 0.0235. The largest absolute Gasteiger partial charge is 0.444 e. The summed E-state index contributed by atoms with van der Waals surface area (Å²) < 4.78 is 34.6. The highest BCUT2D eigenvalue weighted by Crippen LogP contribution is 2.46. The van der Waals surface area contributed by atoms with Crippen molar-refractivity contribution in [2.24, 2.45) is 5.92 Å². The number of pyridine rings is 2. The summed E-state index contributed by atoms with van der Waals surface area (Å²) in [6.07, 6.45) is 4.13. The summed E-state index contributed by atoms with van der Waals surface area (Å²) in [5, 5.41) is -0.351. The summed E-state index contributed by atoms with van der Waals surface area (Å²) in [6, 6.07) is 5.60. The molecule has 3 unspecified atom stereocenters. The Morgan fingerprint density at radius 3 is 2.36 bits per heavy atom. The topological polar surface area (TPSA) is 148 Å². The zero-order valence-electron chi connectivity index (χ0n) is 27.8. The van der Waals surface area contributed by atoms with Crippen LogP contribution in [0.3, 0.4) is 0 Å². The van der Waals surface area contributed by atoms with Crippen LogP contribution in [-0.2, 0) is 20.2 Å². The van der Waals surface area contributed by atoms with Crippen molar-refractivity contribution >= 4 is 39.2 Å². The van der Waals surface area contributed by atoms with Crippen molar-refractivity contribution < 1.29 is 22.7 Å². The summed E-state index contributed by atoms with van der Waals surface area (Å²) in [5.74, 6) is -0.0213. The highest BCUT2D eigenvalue weighted by atomic mass is 32.2. The van der Waals surface area contributed by atoms with Gasteiger partial charge in [-0.15, -0.1) is 0 Å². The Morgan fingerprint density at radius 1 is 1.09 bits per heavy atom. The van der Waals surface area contributed by atoms with Crippen LogP contribution in [0.25, 0.3) is 5.57 Å². The van der Waals surface area contributed by atoms with E-state index in [4.69, 9.17) is 15.5 Å². The number of aromatic nitrogens is 2. The van der Waals surface area contributed by atoms with Crippen LogP contribution in [0.4, 0.5) is 16.4 Å². The first-order valence-electron chi connectivity index (χ1n) is 15.5. The molecule has 2 fully saturated rings. The van der Waals surface area contributed by atoms with Gasteiger partial charge in [0.2, 0.25) is 0 Å². The number of anilines is 2. The normalized spacial score (nSPS) is 22.9. The number of sulfonamides is 1. The van der Waals surface area contributed by atoms with E-state index in [0.29, 0.717) is 18.3 Å². The number of hydrogen-bond acceptors (Lipinski definition) is 9. The molecule has 3 N–H and O–H groups in total.